The van der Waals surface area contributed by atoms with Crippen molar-refractivity contribution in [2.24, 2.45) is 0 Å². The number of nitrogens with one attached hydrogen (secondary N) is 2. The van der Waals surface area contributed by atoms with Crippen molar-refractivity contribution in [3.05, 3.63) is 91.3 Å². The Labute approximate surface area is 238 Å². The van der Waals surface area contributed by atoms with Gasteiger partial charge in [-0.15, -0.1) is 0 Å². The Bertz CT molecular complexity index is 1410. The number of carbonyl (C=O) groups excluding carboxylic acids is 1. The molecule has 1 aromatic heterocycles. The first kappa shape index (κ1) is 27.6. The molecule has 40 heavy (non-hydrogen) atoms. The second kappa shape index (κ2) is 14.5. The van der Waals surface area contributed by atoms with Crippen LogP contribution in [0.2, 0.25) is 0 Å². The van der Waals surface area contributed by atoms with Gasteiger partial charge < -0.3 is 20.1 Å². The molecule has 0 unspecified atom stereocenters. The van der Waals surface area contributed by atoms with Gasteiger partial charge in [-0.2, -0.15) is 11.8 Å². The van der Waals surface area contributed by atoms with E-state index in [1.165, 1.54) is 6.33 Å². The number of aromatic nitrogens is 2. The number of benzene rings is 3. The fourth-order valence-corrected chi connectivity index (χ4v) is 5.04. The molecule has 1 fully saturated rings. The van der Waals surface area contributed by atoms with Crippen LogP contribution in [0.3, 0.4) is 0 Å². The number of para-hydroxylation sites is 1. The van der Waals surface area contributed by atoms with Crippen LogP contribution in [0.1, 0.15) is 6.42 Å². The Morgan fingerprint density at radius 1 is 0.975 bits per heavy atom. The van der Waals surface area contributed by atoms with Gasteiger partial charge in [0.15, 0.2) is 0 Å². The van der Waals surface area contributed by atoms with E-state index in [1.807, 2.05) is 90.6 Å². The summed E-state index contributed by atoms with van der Waals surface area (Å²) >= 11 is 1.84. The van der Waals surface area contributed by atoms with Gasteiger partial charge in [-0.25, -0.2) is 9.97 Å². The Morgan fingerprint density at radius 2 is 1.75 bits per heavy atom. The number of thioether (sulfide) groups is 1. The van der Waals surface area contributed by atoms with E-state index >= 15 is 0 Å². The van der Waals surface area contributed by atoms with Crippen molar-refractivity contribution in [3.63, 3.8) is 0 Å². The van der Waals surface area contributed by atoms with Crippen LogP contribution in [0.15, 0.2) is 91.3 Å². The molecule has 0 bridgehead atoms. The van der Waals surface area contributed by atoms with Gasteiger partial charge in [0.05, 0.1) is 18.7 Å². The van der Waals surface area contributed by atoms with E-state index in [9.17, 15) is 4.79 Å². The molecule has 4 aromatic rings. The molecule has 9 heteroatoms. The quantitative estimate of drug-likeness (QED) is 0.160. The zero-order chi connectivity index (χ0) is 27.4. The highest BCUT2D eigenvalue weighted by Crippen LogP contribution is 2.28. The van der Waals surface area contributed by atoms with E-state index in [4.69, 9.17) is 9.47 Å². The maximum Gasteiger partial charge on any atom is 0.248 e. The van der Waals surface area contributed by atoms with Gasteiger partial charge in [-0.05, 0) is 73.3 Å². The summed E-state index contributed by atoms with van der Waals surface area (Å²) in [5.41, 5.74) is 2.33. The first-order valence-corrected chi connectivity index (χ1v) is 14.6. The van der Waals surface area contributed by atoms with E-state index in [1.54, 1.807) is 6.08 Å². The van der Waals surface area contributed by atoms with Gasteiger partial charge >= 0.3 is 0 Å². The van der Waals surface area contributed by atoms with Crippen LogP contribution in [-0.2, 0) is 9.53 Å². The van der Waals surface area contributed by atoms with Gasteiger partial charge in [0, 0.05) is 41.7 Å². The van der Waals surface area contributed by atoms with Crippen molar-refractivity contribution < 1.29 is 14.3 Å². The number of carbonyl (C=O) groups is 1. The van der Waals surface area contributed by atoms with Crippen molar-refractivity contribution in [1.82, 2.24) is 14.9 Å². The Balaban J connectivity index is 1.12. The van der Waals surface area contributed by atoms with Gasteiger partial charge in [0.2, 0.25) is 5.91 Å². The molecule has 1 aliphatic heterocycles. The fraction of sp³-hybridized carbons (Fsp3) is 0.258. The lowest BCUT2D eigenvalue weighted by atomic mass is 10.2. The van der Waals surface area contributed by atoms with Gasteiger partial charge in [0.25, 0.3) is 0 Å². The topological polar surface area (TPSA) is 88.6 Å². The zero-order valence-corrected chi connectivity index (χ0v) is 23.1. The predicted molar refractivity (Wildman–Crippen MR) is 163 cm³/mol. The smallest absolute Gasteiger partial charge is 0.248 e. The highest BCUT2D eigenvalue weighted by Gasteiger charge is 2.09. The standard InChI is InChI=1S/C31H33N5O3S/c37-30(8-4-20-40-21-5-15-36-16-18-38-19-17-36)34-25-11-14-29-28(22-25)31(33-23-32-29)35-24-9-12-27(13-10-24)39-26-6-2-1-3-7-26/h1-4,6-14,22-23H,5,15-21H2,(H,34,37)(H,32,33,35). The van der Waals surface area contributed by atoms with Crippen LogP contribution in [0.25, 0.3) is 10.9 Å². The maximum atomic E-state index is 12.5. The van der Waals surface area contributed by atoms with Crippen LogP contribution in [0.5, 0.6) is 11.5 Å². The molecule has 0 atom stereocenters. The molecule has 0 aliphatic carbocycles. The largest absolute Gasteiger partial charge is 0.457 e. The number of anilines is 3. The summed E-state index contributed by atoms with van der Waals surface area (Å²) in [6.07, 6.45) is 6.18. The third-order valence-corrected chi connectivity index (χ3v) is 7.35. The second-order valence-corrected chi connectivity index (χ2v) is 10.4. The predicted octanol–water partition coefficient (Wildman–Crippen LogP) is 6.12. The van der Waals surface area contributed by atoms with Crippen molar-refractivity contribution in [2.45, 2.75) is 6.42 Å². The third kappa shape index (κ3) is 8.29. The molecule has 0 saturated carbocycles. The second-order valence-electron chi connectivity index (χ2n) is 9.29. The van der Waals surface area contributed by atoms with E-state index in [-0.39, 0.29) is 5.91 Å². The molecule has 2 N–H and O–H groups in total. The SMILES string of the molecule is O=C(C=CCSCCCN1CCOCC1)Nc1ccc2ncnc(Nc3ccc(Oc4ccccc4)cc3)c2c1. The lowest BCUT2D eigenvalue weighted by Crippen LogP contribution is -2.36. The molecule has 8 nitrogen and oxygen atoms in total. The van der Waals surface area contributed by atoms with E-state index < -0.39 is 0 Å². The average molecular weight is 556 g/mol. The first-order valence-electron chi connectivity index (χ1n) is 13.4. The molecule has 2 heterocycles. The maximum absolute atomic E-state index is 12.5. The summed E-state index contributed by atoms with van der Waals surface area (Å²) in [5.74, 6) is 3.91. The third-order valence-electron chi connectivity index (χ3n) is 6.35. The molecule has 0 radical (unpaired) electrons. The number of morpholine rings is 1. The number of fused-ring (bicyclic) bond motifs is 1. The van der Waals surface area contributed by atoms with Crippen LogP contribution in [-0.4, -0.2) is 65.1 Å². The lowest BCUT2D eigenvalue weighted by Gasteiger charge is -2.26. The molecule has 206 valence electrons. The zero-order valence-electron chi connectivity index (χ0n) is 22.3. The minimum atomic E-state index is -0.159. The van der Waals surface area contributed by atoms with Gasteiger partial charge in [-0.3, -0.25) is 9.69 Å². The Morgan fingerprint density at radius 3 is 2.58 bits per heavy atom. The van der Waals surface area contributed by atoms with Crippen LogP contribution in [0.4, 0.5) is 17.2 Å². The molecule has 1 amide bonds. The fourth-order valence-electron chi connectivity index (χ4n) is 4.31. The van der Waals surface area contributed by atoms with Gasteiger partial charge in [-0.1, -0.05) is 24.3 Å². The van der Waals surface area contributed by atoms with Crippen molar-refractivity contribution >= 4 is 45.8 Å². The van der Waals surface area contributed by atoms with E-state index in [0.29, 0.717) is 11.5 Å². The normalized spacial score (nSPS) is 13.9. The number of amides is 1. The van der Waals surface area contributed by atoms with Crippen LogP contribution >= 0.6 is 11.8 Å². The van der Waals surface area contributed by atoms with E-state index in [2.05, 4.69) is 25.5 Å². The van der Waals surface area contributed by atoms with Gasteiger partial charge in [0.1, 0.15) is 23.6 Å². The number of ether oxygens (including phenoxy) is 2. The monoisotopic (exact) mass is 555 g/mol. The molecular weight excluding hydrogens is 522 g/mol. The number of hydrogen-bond acceptors (Lipinski definition) is 8. The number of hydrogen-bond donors (Lipinski definition) is 2. The summed E-state index contributed by atoms with van der Waals surface area (Å²) < 4.78 is 11.3. The van der Waals surface area contributed by atoms with Crippen LogP contribution in [0, 0.1) is 0 Å². The molecule has 1 saturated heterocycles. The molecule has 0 spiro atoms. The molecule has 5 rings (SSSR count). The summed E-state index contributed by atoms with van der Waals surface area (Å²) in [6, 6.07) is 22.9. The minimum Gasteiger partial charge on any atom is -0.457 e. The highest BCUT2D eigenvalue weighted by molar-refractivity contribution is 7.99. The van der Waals surface area contributed by atoms with E-state index in [0.717, 1.165) is 78.9 Å². The number of nitrogens with zero attached hydrogens (tertiary/aromatic N) is 3. The summed E-state index contributed by atoms with van der Waals surface area (Å²) in [4.78, 5) is 23.7. The summed E-state index contributed by atoms with van der Waals surface area (Å²) in [7, 11) is 0. The summed E-state index contributed by atoms with van der Waals surface area (Å²) in [5, 5.41) is 7.11. The lowest BCUT2D eigenvalue weighted by molar-refractivity contribution is -0.111. The van der Waals surface area contributed by atoms with Crippen molar-refractivity contribution in [1.29, 1.82) is 0 Å². The van der Waals surface area contributed by atoms with Crippen molar-refractivity contribution in [3.8, 4) is 11.5 Å². The molecule has 1 aliphatic rings. The summed E-state index contributed by atoms with van der Waals surface area (Å²) in [6.45, 7) is 4.84. The van der Waals surface area contributed by atoms with Crippen molar-refractivity contribution in [2.75, 3.05) is 55.0 Å². The average Bonchev–Trinajstić information content (AvgIpc) is 2.99. The number of rotatable bonds is 12. The Hall–Kier alpha value is -3.92. The Kier molecular flexibility index (Phi) is 9.99. The first-order chi connectivity index (χ1) is 19.7. The highest BCUT2D eigenvalue weighted by atomic mass is 32.2. The molecule has 3 aromatic carbocycles. The van der Waals surface area contributed by atoms with Crippen LogP contribution < -0.4 is 15.4 Å². The molecular formula is C31H33N5O3S. The minimum absolute atomic E-state index is 0.159.